The van der Waals surface area contributed by atoms with Crippen LogP contribution in [0.15, 0.2) is 72.4 Å². The van der Waals surface area contributed by atoms with E-state index in [4.69, 9.17) is 0 Å². The Morgan fingerprint density at radius 3 is 2.61 bits per heavy atom. The molecular formula is C21H21FN4OS. The van der Waals surface area contributed by atoms with Gasteiger partial charge in [-0.05, 0) is 36.2 Å². The number of nitrogens with one attached hydrogen (secondary N) is 1. The van der Waals surface area contributed by atoms with E-state index in [2.05, 4.69) is 22.1 Å². The predicted octanol–water partition coefficient (Wildman–Crippen LogP) is 3.72. The van der Waals surface area contributed by atoms with E-state index in [1.165, 1.54) is 29.5 Å². The number of halogens is 1. The van der Waals surface area contributed by atoms with Gasteiger partial charge in [0.25, 0.3) is 0 Å². The van der Waals surface area contributed by atoms with Crippen molar-refractivity contribution in [3.05, 3.63) is 78.6 Å². The van der Waals surface area contributed by atoms with E-state index < -0.39 is 0 Å². The van der Waals surface area contributed by atoms with Gasteiger partial charge in [0.1, 0.15) is 5.82 Å². The van der Waals surface area contributed by atoms with Gasteiger partial charge in [-0.3, -0.25) is 9.36 Å². The van der Waals surface area contributed by atoms with Crippen LogP contribution in [-0.2, 0) is 17.8 Å². The number of benzene rings is 2. The van der Waals surface area contributed by atoms with Crippen molar-refractivity contribution in [1.29, 1.82) is 0 Å². The van der Waals surface area contributed by atoms with Gasteiger partial charge in [-0.15, -0.1) is 16.8 Å². The van der Waals surface area contributed by atoms with Crippen molar-refractivity contribution in [3.8, 4) is 11.4 Å². The molecule has 0 aliphatic rings. The molecule has 0 unspecified atom stereocenters. The van der Waals surface area contributed by atoms with Crippen molar-refractivity contribution < 1.29 is 9.18 Å². The van der Waals surface area contributed by atoms with E-state index >= 15 is 0 Å². The highest BCUT2D eigenvalue weighted by Crippen LogP contribution is 2.24. The summed E-state index contributed by atoms with van der Waals surface area (Å²) in [6, 6.07) is 16.1. The van der Waals surface area contributed by atoms with Gasteiger partial charge in [-0.25, -0.2) is 4.39 Å². The van der Waals surface area contributed by atoms with Crippen LogP contribution < -0.4 is 5.32 Å². The first-order chi connectivity index (χ1) is 13.7. The largest absolute Gasteiger partial charge is 0.355 e. The van der Waals surface area contributed by atoms with E-state index in [9.17, 15) is 9.18 Å². The molecule has 1 N–H and O–H groups in total. The molecular weight excluding hydrogens is 375 g/mol. The number of rotatable bonds is 9. The molecule has 1 amide bonds. The van der Waals surface area contributed by atoms with Crippen molar-refractivity contribution in [2.24, 2.45) is 0 Å². The fourth-order valence-corrected chi connectivity index (χ4v) is 3.45. The number of nitrogens with zero attached hydrogens (tertiary/aromatic N) is 3. The highest BCUT2D eigenvalue weighted by Gasteiger charge is 2.15. The van der Waals surface area contributed by atoms with Gasteiger partial charge >= 0.3 is 0 Å². The third-order valence-electron chi connectivity index (χ3n) is 4.04. The Kier molecular flexibility index (Phi) is 6.97. The molecule has 28 heavy (non-hydrogen) atoms. The maximum absolute atomic E-state index is 13.2. The normalized spacial score (nSPS) is 10.6. The lowest BCUT2D eigenvalue weighted by molar-refractivity contribution is -0.118. The topological polar surface area (TPSA) is 59.8 Å². The van der Waals surface area contributed by atoms with E-state index in [1.807, 2.05) is 34.9 Å². The summed E-state index contributed by atoms with van der Waals surface area (Å²) in [6.45, 7) is 4.85. The lowest BCUT2D eigenvalue weighted by Gasteiger charge is -2.08. The second-order valence-electron chi connectivity index (χ2n) is 6.09. The van der Waals surface area contributed by atoms with Crippen LogP contribution in [-0.4, -0.2) is 33.0 Å². The number of amides is 1. The Bertz CT molecular complexity index is 925. The van der Waals surface area contributed by atoms with Crippen LogP contribution in [0, 0.1) is 5.82 Å². The van der Waals surface area contributed by atoms with Gasteiger partial charge in [-0.1, -0.05) is 48.2 Å². The smallest absolute Gasteiger partial charge is 0.230 e. The molecule has 2 aromatic carbocycles. The molecule has 0 atom stereocenters. The maximum atomic E-state index is 13.2. The number of hydrogen-bond donors (Lipinski definition) is 1. The number of carbonyl (C=O) groups excluding carboxylic acids is 1. The average molecular weight is 396 g/mol. The molecule has 0 bridgehead atoms. The SMILES string of the molecule is C=CCn1c(SCC(=O)NCCc2ccccc2)nnc1-c1ccc(F)cc1. The minimum atomic E-state index is -0.305. The molecule has 0 aliphatic heterocycles. The maximum Gasteiger partial charge on any atom is 0.230 e. The molecule has 0 aliphatic carbocycles. The summed E-state index contributed by atoms with van der Waals surface area (Å²) in [4.78, 5) is 12.1. The van der Waals surface area contributed by atoms with Gasteiger partial charge < -0.3 is 5.32 Å². The van der Waals surface area contributed by atoms with E-state index in [0.29, 0.717) is 24.1 Å². The summed E-state index contributed by atoms with van der Waals surface area (Å²) in [7, 11) is 0. The van der Waals surface area contributed by atoms with Crippen LogP contribution in [0.3, 0.4) is 0 Å². The van der Waals surface area contributed by atoms with Crippen LogP contribution in [0.2, 0.25) is 0 Å². The number of carbonyl (C=O) groups is 1. The Morgan fingerprint density at radius 2 is 1.89 bits per heavy atom. The number of thioether (sulfide) groups is 1. The number of aromatic nitrogens is 3. The van der Waals surface area contributed by atoms with Gasteiger partial charge in [0.15, 0.2) is 11.0 Å². The van der Waals surface area contributed by atoms with E-state index in [0.717, 1.165) is 12.0 Å². The summed E-state index contributed by atoms with van der Waals surface area (Å²) in [5.74, 6) is 0.498. The third kappa shape index (κ3) is 5.29. The highest BCUT2D eigenvalue weighted by molar-refractivity contribution is 7.99. The molecule has 0 saturated heterocycles. The first-order valence-electron chi connectivity index (χ1n) is 8.91. The zero-order valence-corrected chi connectivity index (χ0v) is 16.2. The molecule has 1 heterocycles. The summed E-state index contributed by atoms with van der Waals surface area (Å²) >= 11 is 1.32. The average Bonchev–Trinajstić information content (AvgIpc) is 3.11. The molecule has 3 aromatic rings. The zero-order valence-electron chi connectivity index (χ0n) is 15.3. The van der Waals surface area contributed by atoms with E-state index in [-0.39, 0.29) is 17.5 Å². The zero-order chi connectivity index (χ0) is 19.8. The van der Waals surface area contributed by atoms with E-state index in [1.54, 1.807) is 18.2 Å². The Balaban J connectivity index is 1.58. The molecule has 1 aromatic heterocycles. The first kappa shape index (κ1) is 19.8. The second kappa shape index (κ2) is 9.85. The van der Waals surface area contributed by atoms with Crippen LogP contribution in [0.5, 0.6) is 0 Å². The van der Waals surface area contributed by atoms with Crippen LogP contribution >= 0.6 is 11.8 Å². The summed E-state index contributed by atoms with van der Waals surface area (Å²) < 4.78 is 15.0. The molecule has 0 radical (unpaired) electrons. The Labute approximate surface area is 167 Å². The molecule has 7 heteroatoms. The lowest BCUT2D eigenvalue weighted by atomic mass is 10.1. The number of allylic oxidation sites excluding steroid dienone is 1. The summed E-state index contributed by atoms with van der Waals surface area (Å²) in [5.41, 5.74) is 1.94. The van der Waals surface area contributed by atoms with Crippen molar-refractivity contribution >= 4 is 17.7 Å². The quantitative estimate of drug-likeness (QED) is 0.442. The van der Waals surface area contributed by atoms with Crippen LogP contribution in [0.4, 0.5) is 4.39 Å². The van der Waals surface area contributed by atoms with Crippen molar-refractivity contribution in [2.75, 3.05) is 12.3 Å². The third-order valence-corrected chi connectivity index (χ3v) is 5.01. The molecule has 5 nitrogen and oxygen atoms in total. The second-order valence-corrected chi connectivity index (χ2v) is 7.03. The monoisotopic (exact) mass is 396 g/mol. The van der Waals surface area contributed by atoms with Crippen LogP contribution in [0.25, 0.3) is 11.4 Å². The minimum absolute atomic E-state index is 0.0579. The first-order valence-corrected chi connectivity index (χ1v) is 9.89. The summed E-state index contributed by atoms with van der Waals surface area (Å²) in [6.07, 6.45) is 2.53. The standard InChI is InChI=1S/C21H21FN4OS/c1-2-14-26-20(17-8-10-18(22)11-9-17)24-25-21(26)28-15-19(27)23-13-12-16-6-4-3-5-7-16/h2-11H,1,12-15H2,(H,23,27). The Hall–Kier alpha value is -2.93. The lowest BCUT2D eigenvalue weighted by Crippen LogP contribution is -2.27. The van der Waals surface area contributed by atoms with Gasteiger partial charge in [0, 0.05) is 18.7 Å². The van der Waals surface area contributed by atoms with Gasteiger partial charge in [0.05, 0.1) is 5.75 Å². The van der Waals surface area contributed by atoms with Gasteiger partial charge in [0.2, 0.25) is 5.91 Å². The predicted molar refractivity (Wildman–Crippen MR) is 109 cm³/mol. The fraction of sp³-hybridized carbons (Fsp3) is 0.190. The number of hydrogen-bond acceptors (Lipinski definition) is 4. The van der Waals surface area contributed by atoms with Crippen LogP contribution in [0.1, 0.15) is 5.56 Å². The molecule has 0 spiro atoms. The minimum Gasteiger partial charge on any atom is -0.355 e. The Morgan fingerprint density at radius 1 is 1.14 bits per heavy atom. The molecule has 0 fully saturated rings. The highest BCUT2D eigenvalue weighted by atomic mass is 32.2. The molecule has 0 saturated carbocycles. The fourth-order valence-electron chi connectivity index (χ4n) is 2.67. The van der Waals surface area contributed by atoms with Crippen molar-refractivity contribution in [3.63, 3.8) is 0 Å². The van der Waals surface area contributed by atoms with Crippen molar-refractivity contribution in [2.45, 2.75) is 18.1 Å². The summed E-state index contributed by atoms with van der Waals surface area (Å²) in [5, 5.41) is 11.9. The van der Waals surface area contributed by atoms with Gasteiger partial charge in [-0.2, -0.15) is 0 Å². The molecule has 3 rings (SSSR count). The van der Waals surface area contributed by atoms with Crippen molar-refractivity contribution in [1.82, 2.24) is 20.1 Å². The molecule has 144 valence electrons.